The Balaban J connectivity index is 2.11. The highest BCUT2D eigenvalue weighted by Gasteiger charge is 2.71. The summed E-state index contributed by atoms with van der Waals surface area (Å²) < 4.78 is 79.8. The maximum Gasteiger partial charge on any atom is 0.430 e. The molecule has 0 saturated carbocycles. The fraction of sp³-hybridized carbons (Fsp3) is 0.409. The van der Waals surface area contributed by atoms with Crippen LogP contribution in [0.5, 0.6) is 0 Å². The van der Waals surface area contributed by atoms with Gasteiger partial charge < -0.3 is 14.8 Å². The van der Waals surface area contributed by atoms with Gasteiger partial charge in [-0.25, -0.2) is 0 Å². The molecule has 1 N–H and O–H groups in total. The first-order valence-corrected chi connectivity index (χ1v) is 9.75. The highest BCUT2D eigenvalue weighted by molar-refractivity contribution is 5.61. The highest BCUT2D eigenvalue weighted by atomic mass is 19.4. The Morgan fingerprint density at radius 1 is 0.968 bits per heavy atom. The molecule has 9 heteroatoms. The molecular weight excluding hydrogens is 424 g/mol. The molecule has 1 aliphatic heterocycles. The number of aryl methyl sites for hydroxylation is 1. The van der Waals surface area contributed by atoms with E-state index in [0.717, 1.165) is 17.9 Å². The number of aliphatic hydroxyl groups is 1. The molecule has 3 nitrogen and oxygen atoms in total. The number of fused-ring (bicyclic) bond motifs is 1. The number of hydrogen-bond acceptors (Lipinski definition) is 3. The number of benzene rings is 2. The molecule has 0 aromatic heterocycles. The van der Waals surface area contributed by atoms with Gasteiger partial charge in [-0.2, -0.15) is 26.3 Å². The van der Waals surface area contributed by atoms with Crippen LogP contribution in [0.3, 0.4) is 0 Å². The minimum Gasteiger partial charge on any atom is -0.369 e. The summed E-state index contributed by atoms with van der Waals surface area (Å²) in [5.74, 6) is 0. The molecule has 168 valence electrons. The fourth-order valence-corrected chi connectivity index (χ4v) is 4.03. The zero-order valence-electron chi connectivity index (χ0n) is 16.4. The van der Waals surface area contributed by atoms with Crippen molar-refractivity contribution in [2.45, 2.75) is 49.7 Å². The van der Waals surface area contributed by atoms with Gasteiger partial charge in [0.25, 0.3) is 5.60 Å². The van der Waals surface area contributed by atoms with E-state index >= 15 is 0 Å². The zero-order valence-corrected chi connectivity index (χ0v) is 16.4. The second-order valence-electron chi connectivity index (χ2n) is 7.53. The van der Waals surface area contributed by atoms with Crippen LogP contribution in [0.4, 0.5) is 32.0 Å². The lowest BCUT2D eigenvalue weighted by Gasteiger charge is -2.35. The lowest BCUT2D eigenvalue weighted by atomic mass is 9.89. The molecule has 0 bridgehead atoms. The van der Waals surface area contributed by atoms with Crippen LogP contribution in [0.15, 0.2) is 48.5 Å². The molecule has 0 radical (unpaired) electrons. The van der Waals surface area contributed by atoms with E-state index in [-0.39, 0.29) is 18.4 Å². The average molecular weight is 445 g/mol. The van der Waals surface area contributed by atoms with Gasteiger partial charge in [-0.15, -0.1) is 0 Å². The SMILES string of the molecule is O=CCC(c1ccccc1)N1CCCCc2cc(C(O)(C(F)(F)F)C(F)(F)F)ccc21. The third kappa shape index (κ3) is 4.28. The van der Waals surface area contributed by atoms with E-state index in [1.54, 1.807) is 18.2 Å². The van der Waals surface area contributed by atoms with E-state index in [4.69, 9.17) is 0 Å². The number of alkyl halides is 6. The van der Waals surface area contributed by atoms with E-state index in [2.05, 4.69) is 0 Å². The molecule has 2 aromatic carbocycles. The fourth-order valence-electron chi connectivity index (χ4n) is 4.03. The number of aldehydes is 1. The number of carbonyl (C=O) groups excluding carboxylic acids is 1. The molecule has 0 saturated heterocycles. The van der Waals surface area contributed by atoms with Crippen LogP contribution >= 0.6 is 0 Å². The monoisotopic (exact) mass is 445 g/mol. The van der Waals surface area contributed by atoms with Gasteiger partial charge in [0.2, 0.25) is 0 Å². The van der Waals surface area contributed by atoms with Crippen molar-refractivity contribution < 1.29 is 36.2 Å². The summed E-state index contributed by atoms with van der Waals surface area (Å²) in [6, 6.07) is 11.3. The third-order valence-electron chi connectivity index (χ3n) is 5.60. The quantitative estimate of drug-likeness (QED) is 0.490. The zero-order chi connectivity index (χ0) is 22.9. The molecule has 0 amide bonds. The highest BCUT2D eigenvalue weighted by Crippen LogP contribution is 2.51. The van der Waals surface area contributed by atoms with Crippen LogP contribution in [0, 0.1) is 0 Å². The summed E-state index contributed by atoms with van der Waals surface area (Å²) in [4.78, 5) is 13.2. The van der Waals surface area contributed by atoms with E-state index in [0.29, 0.717) is 31.1 Å². The van der Waals surface area contributed by atoms with Crippen LogP contribution < -0.4 is 4.90 Å². The summed E-state index contributed by atoms with van der Waals surface area (Å²) in [7, 11) is 0. The van der Waals surface area contributed by atoms with Gasteiger partial charge >= 0.3 is 12.4 Å². The largest absolute Gasteiger partial charge is 0.430 e. The van der Waals surface area contributed by atoms with E-state index < -0.39 is 29.6 Å². The Bertz CT molecular complexity index is 896. The second kappa shape index (κ2) is 8.53. The normalized spacial score (nSPS) is 16.4. The Morgan fingerprint density at radius 2 is 1.61 bits per heavy atom. The first-order chi connectivity index (χ1) is 14.5. The first kappa shape index (κ1) is 23.1. The van der Waals surface area contributed by atoms with Gasteiger partial charge in [0.15, 0.2) is 0 Å². The summed E-state index contributed by atoms with van der Waals surface area (Å²) in [5, 5.41) is 9.75. The van der Waals surface area contributed by atoms with Crippen LogP contribution in [0.2, 0.25) is 0 Å². The second-order valence-corrected chi connectivity index (χ2v) is 7.53. The van der Waals surface area contributed by atoms with Crippen molar-refractivity contribution in [1.29, 1.82) is 0 Å². The average Bonchev–Trinajstić information content (AvgIpc) is 2.92. The lowest BCUT2D eigenvalue weighted by molar-refractivity contribution is -0.376. The minimum absolute atomic E-state index is 0.111. The van der Waals surface area contributed by atoms with Gasteiger partial charge in [0.05, 0.1) is 6.04 Å². The molecule has 1 aliphatic rings. The van der Waals surface area contributed by atoms with Crippen molar-refractivity contribution in [2.75, 3.05) is 11.4 Å². The Labute approximate surface area is 175 Å². The maximum atomic E-state index is 13.3. The topological polar surface area (TPSA) is 40.5 Å². The number of nitrogens with zero attached hydrogens (tertiary/aromatic N) is 1. The molecule has 1 atom stereocenters. The van der Waals surface area contributed by atoms with Crippen LogP contribution in [0.1, 0.15) is 42.0 Å². The molecule has 1 unspecified atom stereocenters. The number of halogens is 6. The van der Waals surface area contributed by atoms with Crippen molar-refractivity contribution >= 4 is 12.0 Å². The number of carbonyl (C=O) groups is 1. The summed E-state index contributed by atoms with van der Waals surface area (Å²) in [6.07, 6.45) is -9.57. The molecule has 0 fully saturated rings. The molecular formula is C22H21F6NO2. The van der Waals surface area contributed by atoms with Crippen LogP contribution in [0.25, 0.3) is 0 Å². The molecule has 1 heterocycles. The van der Waals surface area contributed by atoms with Crippen molar-refractivity contribution in [1.82, 2.24) is 0 Å². The molecule has 0 aliphatic carbocycles. The number of hydrogen-bond donors (Lipinski definition) is 1. The predicted octanol–water partition coefficient (Wildman–Crippen LogP) is 5.47. The van der Waals surface area contributed by atoms with Crippen molar-refractivity contribution in [3.63, 3.8) is 0 Å². The van der Waals surface area contributed by atoms with Crippen LogP contribution in [-0.4, -0.2) is 30.3 Å². The smallest absolute Gasteiger partial charge is 0.369 e. The first-order valence-electron chi connectivity index (χ1n) is 9.75. The summed E-state index contributed by atoms with van der Waals surface area (Å²) in [5.41, 5.74) is -4.68. The van der Waals surface area contributed by atoms with Crippen molar-refractivity contribution in [2.24, 2.45) is 0 Å². The Kier molecular flexibility index (Phi) is 6.36. The van der Waals surface area contributed by atoms with E-state index in [9.17, 15) is 36.2 Å². The van der Waals surface area contributed by atoms with Gasteiger partial charge in [-0.1, -0.05) is 42.5 Å². The molecule has 31 heavy (non-hydrogen) atoms. The molecule has 3 rings (SSSR count). The Morgan fingerprint density at radius 3 is 2.19 bits per heavy atom. The van der Waals surface area contributed by atoms with Gasteiger partial charge in [0, 0.05) is 24.2 Å². The summed E-state index contributed by atoms with van der Waals surface area (Å²) in [6.45, 7) is 0.489. The lowest BCUT2D eigenvalue weighted by Crippen LogP contribution is -2.54. The van der Waals surface area contributed by atoms with E-state index in [1.165, 1.54) is 6.07 Å². The van der Waals surface area contributed by atoms with Gasteiger partial charge in [-0.3, -0.25) is 0 Å². The van der Waals surface area contributed by atoms with Gasteiger partial charge in [0.1, 0.15) is 6.29 Å². The number of anilines is 1. The molecule has 2 aromatic rings. The maximum absolute atomic E-state index is 13.3. The van der Waals surface area contributed by atoms with Crippen molar-refractivity contribution in [3.8, 4) is 0 Å². The predicted molar refractivity (Wildman–Crippen MR) is 103 cm³/mol. The molecule has 0 spiro atoms. The third-order valence-corrected chi connectivity index (χ3v) is 5.60. The Hall–Kier alpha value is -2.55. The number of rotatable bonds is 5. The summed E-state index contributed by atoms with van der Waals surface area (Å²) >= 11 is 0. The standard InChI is InChI=1S/C22H21F6NO2/c23-21(24,25)20(31,22(26,27)28)17-9-10-18-16(14-17)8-4-5-12-29(18)19(11-13-30)15-6-2-1-3-7-15/h1-3,6-7,9-10,13-14,19,31H,4-5,8,11-12H2. The van der Waals surface area contributed by atoms with Crippen LogP contribution in [-0.2, 0) is 16.8 Å². The minimum atomic E-state index is -5.94. The van der Waals surface area contributed by atoms with Gasteiger partial charge in [-0.05, 0) is 36.5 Å². The van der Waals surface area contributed by atoms with E-state index in [1.807, 2.05) is 17.0 Å². The van der Waals surface area contributed by atoms with Crippen molar-refractivity contribution in [3.05, 3.63) is 65.2 Å².